The summed E-state index contributed by atoms with van der Waals surface area (Å²) in [5.74, 6) is 0.515. The number of carbonyl (C=O) groups is 1. The molecule has 2 saturated heterocycles. The van der Waals surface area contributed by atoms with Crippen molar-refractivity contribution in [2.75, 3.05) is 0 Å². The van der Waals surface area contributed by atoms with E-state index in [-0.39, 0.29) is 29.8 Å². The van der Waals surface area contributed by atoms with Crippen LogP contribution in [0.2, 0.25) is 0 Å². The number of ether oxygens (including phenoxy) is 1. The van der Waals surface area contributed by atoms with E-state index < -0.39 is 11.5 Å². The first-order chi connectivity index (χ1) is 10.1. The smallest absolute Gasteiger partial charge is 0.313 e. The van der Waals surface area contributed by atoms with Crippen LogP contribution in [0.25, 0.3) is 0 Å². The van der Waals surface area contributed by atoms with Gasteiger partial charge in [-0.05, 0) is 48.4 Å². The largest absolute Gasteiger partial charge is 0.459 e. The van der Waals surface area contributed by atoms with Crippen LogP contribution in [-0.2, 0) is 22.4 Å². The fraction of sp³-hybridized carbons (Fsp3) is 0.611. The van der Waals surface area contributed by atoms with Crippen molar-refractivity contribution < 1.29 is 14.6 Å². The number of aryl methyl sites for hydroxylation is 2. The van der Waals surface area contributed by atoms with Crippen molar-refractivity contribution in [3.63, 3.8) is 0 Å². The van der Waals surface area contributed by atoms with E-state index >= 15 is 0 Å². The van der Waals surface area contributed by atoms with E-state index in [4.69, 9.17) is 4.74 Å². The van der Waals surface area contributed by atoms with Crippen LogP contribution < -0.4 is 0 Å². The zero-order valence-corrected chi connectivity index (χ0v) is 12.4. The summed E-state index contributed by atoms with van der Waals surface area (Å²) in [6.45, 7) is 4.21. The van der Waals surface area contributed by atoms with Crippen molar-refractivity contribution in [3.05, 3.63) is 34.4 Å². The Bertz CT molecular complexity index is 679. The average molecular weight is 284 g/mol. The van der Waals surface area contributed by atoms with Gasteiger partial charge in [-0.1, -0.05) is 19.1 Å². The molecule has 6 rings (SSSR count). The van der Waals surface area contributed by atoms with Crippen LogP contribution in [0.4, 0.5) is 0 Å². The molecule has 2 bridgehead atoms. The molecule has 1 saturated carbocycles. The SMILES string of the molecule is Cc1ccc2c3c1C[C@H]1[C@@H]3[C@]3(CC2)C(=O)O[C@H]1C(O)C3C. The standard InChI is InChI=1S/C18H20O3/c1-8-3-4-10-5-6-18-9(2)15(19)16(21-17(18)20)12-7-11(8)13(10)14(12)18/h3-4,9,12,14-16,19H,5-7H2,1-2H3/t9?,12-,14-,15?,16+,18+/m0/s1. The number of benzene rings is 1. The van der Waals surface area contributed by atoms with Crippen LogP contribution in [0.5, 0.6) is 0 Å². The van der Waals surface area contributed by atoms with E-state index in [9.17, 15) is 9.90 Å². The predicted octanol–water partition coefficient (Wildman–Crippen LogP) is 2.12. The van der Waals surface area contributed by atoms with Crippen LogP contribution in [0.1, 0.15) is 41.5 Å². The molecular formula is C18H20O3. The summed E-state index contributed by atoms with van der Waals surface area (Å²) in [7, 11) is 0. The van der Waals surface area contributed by atoms with Gasteiger partial charge in [-0.3, -0.25) is 4.79 Å². The van der Waals surface area contributed by atoms with Gasteiger partial charge >= 0.3 is 5.97 Å². The van der Waals surface area contributed by atoms with Crippen LogP contribution in [0.3, 0.4) is 0 Å². The van der Waals surface area contributed by atoms with E-state index in [1.165, 1.54) is 22.3 Å². The molecule has 0 radical (unpaired) electrons. The molecule has 1 N–H and O–H groups in total. The van der Waals surface area contributed by atoms with E-state index in [0.717, 1.165) is 19.3 Å². The van der Waals surface area contributed by atoms with Gasteiger partial charge in [0.25, 0.3) is 0 Å². The van der Waals surface area contributed by atoms with Gasteiger partial charge in [-0.2, -0.15) is 0 Å². The summed E-state index contributed by atoms with van der Waals surface area (Å²) < 4.78 is 5.69. The van der Waals surface area contributed by atoms with Gasteiger partial charge in [-0.25, -0.2) is 0 Å². The minimum atomic E-state index is -0.500. The van der Waals surface area contributed by atoms with Crippen molar-refractivity contribution in [3.8, 4) is 0 Å². The first-order valence-electron chi connectivity index (χ1n) is 8.06. The monoisotopic (exact) mass is 284 g/mol. The second-order valence-corrected chi connectivity index (χ2v) is 7.47. The van der Waals surface area contributed by atoms with Crippen LogP contribution in [0, 0.1) is 24.2 Å². The Labute approximate surface area is 124 Å². The van der Waals surface area contributed by atoms with Crippen molar-refractivity contribution >= 4 is 5.97 Å². The summed E-state index contributed by atoms with van der Waals surface area (Å²) in [6.07, 6.45) is 1.91. The molecule has 110 valence electrons. The average Bonchev–Trinajstić information content (AvgIpc) is 2.89. The van der Waals surface area contributed by atoms with Crippen molar-refractivity contribution in [1.82, 2.24) is 0 Å². The molecule has 2 unspecified atom stereocenters. The number of rotatable bonds is 0. The highest BCUT2D eigenvalue weighted by atomic mass is 16.6. The van der Waals surface area contributed by atoms with Crippen molar-refractivity contribution in [2.24, 2.45) is 17.3 Å². The van der Waals surface area contributed by atoms with Gasteiger partial charge in [0, 0.05) is 17.8 Å². The predicted molar refractivity (Wildman–Crippen MR) is 76.9 cm³/mol. The third-order valence-corrected chi connectivity index (χ3v) is 6.93. The zero-order valence-electron chi connectivity index (χ0n) is 12.4. The highest BCUT2D eigenvalue weighted by molar-refractivity contribution is 5.83. The summed E-state index contributed by atoms with van der Waals surface area (Å²) in [5, 5.41) is 10.6. The number of carbonyl (C=O) groups excluding carboxylic acids is 1. The maximum absolute atomic E-state index is 12.7. The maximum Gasteiger partial charge on any atom is 0.313 e. The molecule has 1 aromatic carbocycles. The Kier molecular flexibility index (Phi) is 2.05. The number of fused-ring (bicyclic) bond motifs is 2. The van der Waals surface area contributed by atoms with Crippen LogP contribution in [0.15, 0.2) is 12.1 Å². The minimum absolute atomic E-state index is 0.00427. The van der Waals surface area contributed by atoms with Gasteiger partial charge < -0.3 is 9.84 Å². The fourth-order valence-electron chi connectivity index (χ4n) is 5.87. The summed E-state index contributed by atoms with van der Waals surface area (Å²) in [6, 6.07) is 4.46. The van der Waals surface area contributed by atoms with E-state index in [1.54, 1.807) is 0 Å². The molecule has 1 spiro atoms. The minimum Gasteiger partial charge on any atom is -0.459 e. The molecule has 1 aromatic rings. The molecule has 3 fully saturated rings. The number of aliphatic hydroxyl groups is 1. The number of aliphatic hydroxyl groups excluding tert-OH is 1. The second kappa shape index (κ2) is 3.52. The van der Waals surface area contributed by atoms with E-state index in [1.807, 2.05) is 6.92 Å². The summed E-state index contributed by atoms with van der Waals surface area (Å²) in [4.78, 5) is 12.7. The Morgan fingerprint density at radius 2 is 2.19 bits per heavy atom. The first-order valence-corrected chi connectivity index (χ1v) is 8.06. The van der Waals surface area contributed by atoms with Crippen LogP contribution in [-0.4, -0.2) is 23.3 Å². The van der Waals surface area contributed by atoms with Gasteiger partial charge in [0.15, 0.2) is 0 Å². The topological polar surface area (TPSA) is 46.5 Å². The van der Waals surface area contributed by atoms with E-state index in [2.05, 4.69) is 19.1 Å². The maximum atomic E-state index is 12.7. The molecule has 2 aliphatic heterocycles. The van der Waals surface area contributed by atoms with Gasteiger partial charge in [0.1, 0.15) is 6.10 Å². The van der Waals surface area contributed by atoms with Crippen molar-refractivity contribution in [1.29, 1.82) is 0 Å². The molecule has 0 amide bonds. The summed E-state index contributed by atoms with van der Waals surface area (Å²) in [5.41, 5.74) is 5.14. The molecule has 6 atom stereocenters. The molecule has 3 aliphatic carbocycles. The molecule has 2 heterocycles. The normalized spacial score (nSPS) is 45.5. The first kappa shape index (κ1) is 12.2. The lowest BCUT2D eigenvalue weighted by molar-refractivity contribution is -0.236. The lowest BCUT2D eigenvalue weighted by Crippen LogP contribution is -2.67. The third kappa shape index (κ3) is 1.13. The summed E-state index contributed by atoms with van der Waals surface area (Å²) >= 11 is 0. The number of hydrogen-bond acceptors (Lipinski definition) is 3. The van der Waals surface area contributed by atoms with Crippen LogP contribution >= 0.6 is 0 Å². The molecule has 0 aromatic heterocycles. The molecular weight excluding hydrogens is 264 g/mol. The Morgan fingerprint density at radius 3 is 3.00 bits per heavy atom. The van der Waals surface area contributed by atoms with Crippen molar-refractivity contribution in [2.45, 2.75) is 51.2 Å². The molecule has 3 heteroatoms. The van der Waals surface area contributed by atoms with Gasteiger partial charge in [-0.15, -0.1) is 0 Å². The number of esters is 1. The number of hydrogen-bond donors (Lipinski definition) is 1. The third-order valence-electron chi connectivity index (χ3n) is 6.93. The highest BCUT2D eigenvalue weighted by Gasteiger charge is 2.70. The second-order valence-electron chi connectivity index (χ2n) is 7.47. The van der Waals surface area contributed by atoms with Gasteiger partial charge in [0.2, 0.25) is 0 Å². The zero-order chi connectivity index (χ0) is 14.5. The van der Waals surface area contributed by atoms with Gasteiger partial charge in [0.05, 0.1) is 11.5 Å². The Balaban J connectivity index is 1.82. The lowest BCUT2D eigenvalue weighted by Gasteiger charge is -2.59. The fourth-order valence-corrected chi connectivity index (χ4v) is 5.87. The highest BCUT2D eigenvalue weighted by Crippen LogP contribution is 2.67. The molecule has 21 heavy (non-hydrogen) atoms. The Hall–Kier alpha value is -1.35. The lowest BCUT2D eigenvalue weighted by atomic mass is 9.49. The molecule has 3 nitrogen and oxygen atoms in total. The van der Waals surface area contributed by atoms with E-state index in [0.29, 0.717) is 0 Å². The quantitative estimate of drug-likeness (QED) is 0.742. The Morgan fingerprint density at radius 1 is 1.38 bits per heavy atom. The molecule has 5 aliphatic rings.